The summed E-state index contributed by atoms with van der Waals surface area (Å²) >= 11 is 0. The van der Waals surface area contributed by atoms with Crippen molar-refractivity contribution in [3.8, 4) is 0 Å². The molecule has 0 atom stereocenters. The zero-order valence-electron chi connectivity index (χ0n) is 10.2. The van der Waals surface area contributed by atoms with Gasteiger partial charge in [-0.1, -0.05) is 12.1 Å². The number of rotatable bonds is 0. The predicted octanol–water partition coefficient (Wildman–Crippen LogP) is 2.90. The van der Waals surface area contributed by atoms with Crippen LogP contribution in [-0.2, 0) is 7.05 Å². The highest BCUT2D eigenvalue weighted by Crippen LogP contribution is 2.22. The molecule has 0 fully saturated rings. The third-order valence-corrected chi connectivity index (χ3v) is 3.27. The van der Waals surface area contributed by atoms with Crippen molar-refractivity contribution in [3.63, 3.8) is 0 Å². The van der Waals surface area contributed by atoms with E-state index < -0.39 is 0 Å². The van der Waals surface area contributed by atoms with Gasteiger partial charge >= 0.3 is 0 Å². The number of fused-ring (bicyclic) bond motifs is 1. The van der Waals surface area contributed by atoms with Gasteiger partial charge in [0.2, 0.25) is 5.52 Å². The second kappa shape index (κ2) is 3.34. The van der Waals surface area contributed by atoms with Gasteiger partial charge < -0.3 is 0 Å². The first-order valence-corrected chi connectivity index (χ1v) is 5.38. The predicted molar refractivity (Wildman–Crippen MR) is 64.1 cm³/mol. The first-order valence-electron chi connectivity index (χ1n) is 5.38. The van der Waals surface area contributed by atoms with Crippen LogP contribution < -0.4 is 4.57 Å². The van der Waals surface area contributed by atoms with Crippen LogP contribution in [0.2, 0.25) is 0 Å². The van der Waals surface area contributed by atoms with Gasteiger partial charge in [-0.25, -0.2) is 0 Å². The number of aromatic nitrogens is 1. The van der Waals surface area contributed by atoms with E-state index >= 15 is 0 Å². The fourth-order valence-corrected chi connectivity index (χ4v) is 2.38. The molecule has 0 radical (unpaired) electrons. The van der Waals surface area contributed by atoms with E-state index in [0.29, 0.717) is 0 Å². The summed E-state index contributed by atoms with van der Waals surface area (Å²) in [5.74, 6) is 0. The van der Waals surface area contributed by atoms with E-state index in [2.05, 4.69) is 57.5 Å². The molecular formula is C14H18N+. The van der Waals surface area contributed by atoms with Gasteiger partial charge in [0, 0.05) is 18.6 Å². The average molecular weight is 200 g/mol. The monoisotopic (exact) mass is 200 g/mol. The molecule has 0 amide bonds. The second-order valence-corrected chi connectivity index (χ2v) is 4.45. The largest absolute Gasteiger partial charge is 0.215 e. The average Bonchev–Trinajstić information content (AvgIpc) is 2.18. The Balaban J connectivity index is 3.08. The van der Waals surface area contributed by atoms with E-state index in [-0.39, 0.29) is 0 Å². The van der Waals surface area contributed by atoms with E-state index in [4.69, 9.17) is 0 Å². The van der Waals surface area contributed by atoms with Gasteiger partial charge in [-0.05, 0) is 31.9 Å². The Labute approximate surface area is 91.4 Å². The van der Waals surface area contributed by atoms with Crippen LogP contribution in [-0.4, -0.2) is 0 Å². The number of pyridine rings is 1. The number of nitrogens with zero attached hydrogens (tertiary/aromatic N) is 1. The minimum Gasteiger partial charge on any atom is -0.198 e. The summed E-state index contributed by atoms with van der Waals surface area (Å²) in [5.41, 5.74) is 6.77. The molecule has 0 spiro atoms. The second-order valence-electron chi connectivity index (χ2n) is 4.45. The van der Waals surface area contributed by atoms with Crippen LogP contribution in [0.1, 0.15) is 22.4 Å². The smallest absolute Gasteiger partial charge is 0.198 e. The summed E-state index contributed by atoms with van der Waals surface area (Å²) in [6.45, 7) is 8.72. The van der Waals surface area contributed by atoms with Crippen LogP contribution in [0, 0.1) is 27.7 Å². The Kier molecular flexibility index (Phi) is 2.26. The van der Waals surface area contributed by atoms with E-state index in [1.807, 2.05) is 0 Å². The number of hydrogen-bond donors (Lipinski definition) is 0. The van der Waals surface area contributed by atoms with E-state index in [1.54, 1.807) is 0 Å². The minimum atomic E-state index is 1.31. The van der Waals surface area contributed by atoms with Crippen molar-refractivity contribution < 1.29 is 4.57 Å². The highest BCUT2D eigenvalue weighted by atomic mass is 14.9. The highest BCUT2D eigenvalue weighted by molar-refractivity contribution is 5.85. The van der Waals surface area contributed by atoms with Crippen LogP contribution in [0.4, 0.5) is 0 Å². The molecule has 0 saturated heterocycles. The van der Waals surface area contributed by atoms with Gasteiger partial charge in [-0.3, -0.25) is 0 Å². The summed E-state index contributed by atoms with van der Waals surface area (Å²) in [4.78, 5) is 0. The quantitative estimate of drug-likeness (QED) is 0.576. The molecule has 2 aromatic rings. The normalized spacial score (nSPS) is 11.0. The van der Waals surface area contributed by atoms with Crippen LogP contribution in [0.25, 0.3) is 10.9 Å². The Morgan fingerprint density at radius 3 is 2.13 bits per heavy atom. The lowest BCUT2D eigenvalue weighted by Gasteiger charge is -2.08. The number of aryl methyl sites for hydroxylation is 5. The molecule has 1 aromatic carbocycles. The summed E-state index contributed by atoms with van der Waals surface area (Å²) in [5, 5.41) is 1.41. The SMILES string of the molecule is Cc1ccc(C)c2c1c(C)cc(C)[n+]2C. The lowest BCUT2D eigenvalue weighted by molar-refractivity contribution is -0.651. The van der Waals surface area contributed by atoms with Gasteiger partial charge in [-0.2, -0.15) is 4.57 Å². The van der Waals surface area contributed by atoms with Crippen LogP contribution in [0.3, 0.4) is 0 Å². The van der Waals surface area contributed by atoms with Crippen LogP contribution >= 0.6 is 0 Å². The summed E-state index contributed by atoms with van der Waals surface area (Å²) in [6.07, 6.45) is 0. The molecule has 1 nitrogen and oxygen atoms in total. The molecule has 0 aliphatic carbocycles. The molecule has 0 bridgehead atoms. The molecule has 1 heteroatoms. The molecule has 0 aliphatic rings. The van der Waals surface area contributed by atoms with Crippen molar-refractivity contribution in [2.24, 2.45) is 7.05 Å². The fraction of sp³-hybridized carbons (Fsp3) is 0.357. The molecule has 2 rings (SSSR count). The standard InChI is InChI=1S/C14H18N/c1-9-6-7-10(2)14-13(9)11(3)8-12(4)15(14)5/h6-8H,1-5H3/q+1. The Morgan fingerprint density at radius 1 is 0.867 bits per heavy atom. The maximum atomic E-state index is 2.28. The van der Waals surface area contributed by atoms with E-state index in [1.165, 1.54) is 33.3 Å². The first kappa shape index (κ1) is 10.2. The van der Waals surface area contributed by atoms with Crippen molar-refractivity contribution in [1.82, 2.24) is 0 Å². The molecule has 15 heavy (non-hydrogen) atoms. The maximum Gasteiger partial charge on any atom is 0.215 e. The topological polar surface area (TPSA) is 3.88 Å². The van der Waals surface area contributed by atoms with Gasteiger partial charge in [0.1, 0.15) is 7.05 Å². The third-order valence-electron chi connectivity index (χ3n) is 3.27. The zero-order chi connectivity index (χ0) is 11.2. The van der Waals surface area contributed by atoms with Gasteiger partial charge in [-0.15, -0.1) is 0 Å². The lowest BCUT2D eigenvalue weighted by Crippen LogP contribution is -2.33. The van der Waals surface area contributed by atoms with E-state index in [9.17, 15) is 0 Å². The van der Waals surface area contributed by atoms with Crippen molar-refractivity contribution >= 4 is 10.9 Å². The number of benzene rings is 1. The first-order chi connectivity index (χ1) is 7.02. The van der Waals surface area contributed by atoms with Gasteiger partial charge in [0.05, 0.1) is 5.39 Å². The zero-order valence-corrected chi connectivity index (χ0v) is 10.2. The molecule has 78 valence electrons. The fourth-order valence-electron chi connectivity index (χ4n) is 2.38. The molecule has 0 aliphatic heterocycles. The molecule has 1 heterocycles. The van der Waals surface area contributed by atoms with Crippen molar-refractivity contribution in [3.05, 3.63) is 40.6 Å². The Morgan fingerprint density at radius 2 is 1.47 bits per heavy atom. The highest BCUT2D eigenvalue weighted by Gasteiger charge is 2.15. The van der Waals surface area contributed by atoms with Crippen LogP contribution in [0.15, 0.2) is 18.2 Å². The molecule has 0 N–H and O–H groups in total. The minimum absolute atomic E-state index is 1.31. The summed E-state index contributed by atoms with van der Waals surface area (Å²) in [7, 11) is 2.14. The summed E-state index contributed by atoms with van der Waals surface area (Å²) in [6, 6.07) is 6.67. The maximum absolute atomic E-state index is 2.28. The molecule has 0 unspecified atom stereocenters. The Bertz CT molecular complexity index is 539. The van der Waals surface area contributed by atoms with Gasteiger partial charge in [0.25, 0.3) is 0 Å². The molecular weight excluding hydrogens is 182 g/mol. The Hall–Kier alpha value is -1.37. The molecule has 0 saturated carbocycles. The number of hydrogen-bond acceptors (Lipinski definition) is 0. The van der Waals surface area contributed by atoms with Crippen LogP contribution in [0.5, 0.6) is 0 Å². The van der Waals surface area contributed by atoms with Crippen molar-refractivity contribution in [1.29, 1.82) is 0 Å². The summed E-state index contributed by atoms with van der Waals surface area (Å²) < 4.78 is 2.28. The lowest BCUT2D eigenvalue weighted by atomic mass is 10.0. The van der Waals surface area contributed by atoms with Crippen molar-refractivity contribution in [2.75, 3.05) is 0 Å². The van der Waals surface area contributed by atoms with Crippen molar-refractivity contribution in [2.45, 2.75) is 27.7 Å². The molecule has 1 aromatic heterocycles. The third kappa shape index (κ3) is 1.43. The van der Waals surface area contributed by atoms with Gasteiger partial charge in [0.15, 0.2) is 5.69 Å². The van der Waals surface area contributed by atoms with E-state index in [0.717, 1.165) is 0 Å².